The van der Waals surface area contributed by atoms with Gasteiger partial charge in [-0.3, -0.25) is 9.98 Å². The van der Waals surface area contributed by atoms with Gasteiger partial charge in [0.25, 0.3) is 0 Å². The summed E-state index contributed by atoms with van der Waals surface area (Å²) in [6, 6.07) is 70.8. The topological polar surface area (TPSA) is 46.8 Å². The van der Waals surface area contributed by atoms with Gasteiger partial charge in [0.05, 0.1) is 22.7 Å². The molecule has 2 aliphatic heterocycles. The molecular weight excluding hydrogens is 755 g/mol. The van der Waals surface area contributed by atoms with E-state index in [9.17, 15) is 0 Å². The van der Waals surface area contributed by atoms with Crippen molar-refractivity contribution in [2.45, 2.75) is 17.9 Å². The highest BCUT2D eigenvalue weighted by Crippen LogP contribution is 2.62. The van der Waals surface area contributed by atoms with Gasteiger partial charge in [-0.1, -0.05) is 176 Å². The third-order valence-electron chi connectivity index (χ3n) is 12.8. The van der Waals surface area contributed by atoms with Crippen molar-refractivity contribution in [2.75, 3.05) is 0 Å². The lowest BCUT2D eigenvalue weighted by molar-refractivity contribution is 0.436. The van der Waals surface area contributed by atoms with Crippen molar-refractivity contribution in [1.82, 2.24) is 4.98 Å². The molecule has 3 aliphatic rings. The number of rotatable bonds is 5. The van der Waals surface area contributed by atoms with Crippen molar-refractivity contribution in [3.05, 3.63) is 257 Å². The summed E-state index contributed by atoms with van der Waals surface area (Å²) in [4.78, 5) is 15.4. The number of fused-ring (bicyclic) bond motifs is 10. The van der Waals surface area contributed by atoms with Crippen molar-refractivity contribution in [3.8, 4) is 44.9 Å². The van der Waals surface area contributed by atoms with Gasteiger partial charge in [0.15, 0.2) is 5.84 Å². The van der Waals surface area contributed by atoms with Gasteiger partial charge in [-0.15, -0.1) is 0 Å². The van der Waals surface area contributed by atoms with Gasteiger partial charge in [0, 0.05) is 40.3 Å². The van der Waals surface area contributed by atoms with Crippen LogP contribution in [0.2, 0.25) is 0 Å². The molecule has 8 aromatic carbocycles. The van der Waals surface area contributed by atoms with E-state index in [1.807, 2.05) is 30.5 Å². The minimum Gasteiger partial charge on any atom is -0.457 e. The molecule has 1 atom stereocenters. The zero-order valence-corrected chi connectivity index (χ0v) is 33.9. The first-order valence-electron chi connectivity index (χ1n) is 21.2. The van der Waals surface area contributed by atoms with Crippen LogP contribution in [0.1, 0.15) is 51.4 Å². The Morgan fingerprint density at radius 2 is 1.10 bits per heavy atom. The third-order valence-corrected chi connectivity index (χ3v) is 12.8. The number of pyridine rings is 1. The number of aliphatic imine (C=N–C) groups is 2. The number of aromatic nitrogens is 1. The maximum Gasteiger partial charge on any atom is 0.155 e. The molecule has 1 spiro atoms. The number of nitrogens with zero attached hydrogens (tertiary/aromatic N) is 3. The van der Waals surface area contributed by atoms with E-state index in [-0.39, 0.29) is 6.04 Å². The van der Waals surface area contributed by atoms with Crippen LogP contribution in [0.15, 0.2) is 229 Å². The van der Waals surface area contributed by atoms with Crippen molar-refractivity contribution < 1.29 is 4.74 Å². The Balaban J connectivity index is 0.934. The standard InChI is InChI=1S/C58H39N3O/c1-37-34-52(39-29-27-38(28-30-39)45-22-12-16-40-19-13-33-59-56(40)45)60-57(41-14-3-2-4-15-41)61-55(37)44-18-11-17-42(35-44)43-31-32-54-51(36-43)58(50-25-9-10-26-53(50)62-54)48-23-7-5-20-46(48)47-21-6-8-24-49(47)58/h2-33,35-36,55H,1,34H2. The predicted octanol–water partition coefficient (Wildman–Crippen LogP) is 14.0. The Kier molecular flexibility index (Phi) is 8.32. The number of amidine groups is 1. The van der Waals surface area contributed by atoms with Crippen molar-refractivity contribution in [3.63, 3.8) is 0 Å². The summed E-state index contributed by atoms with van der Waals surface area (Å²) in [5, 5.41) is 1.12. The fraction of sp³-hybridized carbons (Fsp3) is 0.0517. The maximum absolute atomic E-state index is 6.73. The lowest BCUT2D eigenvalue weighted by Gasteiger charge is -2.39. The molecule has 0 amide bonds. The first-order chi connectivity index (χ1) is 30.6. The van der Waals surface area contributed by atoms with E-state index in [0.717, 1.165) is 83.8 Å². The second kappa shape index (κ2) is 14.4. The maximum atomic E-state index is 6.73. The lowest BCUT2D eigenvalue weighted by Crippen LogP contribution is -2.32. The van der Waals surface area contributed by atoms with E-state index in [4.69, 9.17) is 26.3 Å². The Hall–Kier alpha value is -7.95. The average Bonchev–Trinajstić information content (AvgIpc) is 3.50. The summed E-state index contributed by atoms with van der Waals surface area (Å²) < 4.78 is 6.73. The second-order valence-corrected chi connectivity index (χ2v) is 16.3. The minimum absolute atomic E-state index is 0.305. The summed E-state index contributed by atoms with van der Waals surface area (Å²) >= 11 is 0. The molecule has 0 saturated heterocycles. The minimum atomic E-state index is -0.535. The molecule has 0 N–H and O–H groups in total. The molecule has 3 heterocycles. The van der Waals surface area contributed by atoms with E-state index >= 15 is 0 Å². The molecule has 1 aliphatic carbocycles. The van der Waals surface area contributed by atoms with E-state index in [2.05, 4.69) is 176 Å². The monoisotopic (exact) mass is 793 g/mol. The zero-order chi connectivity index (χ0) is 41.2. The molecule has 12 rings (SSSR count). The van der Waals surface area contributed by atoms with Crippen LogP contribution in [0.4, 0.5) is 0 Å². The molecule has 0 saturated carbocycles. The number of hydrogen-bond acceptors (Lipinski definition) is 4. The SMILES string of the molecule is C=C1CC(c2ccc(-c3cccc4cccnc34)cc2)=NC(c2ccccc2)=NC1c1cccc(-c2ccc3c(c2)C2(c4ccccc4O3)c3ccccc3-c3ccccc32)c1. The smallest absolute Gasteiger partial charge is 0.155 e. The molecular formula is C58H39N3O. The average molecular weight is 794 g/mol. The number of benzene rings is 8. The molecule has 1 aromatic heterocycles. The van der Waals surface area contributed by atoms with Crippen LogP contribution in [0.5, 0.6) is 11.5 Å². The predicted molar refractivity (Wildman–Crippen MR) is 252 cm³/mol. The molecule has 0 bridgehead atoms. The van der Waals surface area contributed by atoms with Gasteiger partial charge in [-0.25, -0.2) is 4.99 Å². The van der Waals surface area contributed by atoms with Gasteiger partial charge >= 0.3 is 0 Å². The highest BCUT2D eigenvalue weighted by atomic mass is 16.5. The first-order valence-corrected chi connectivity index (χ1v) is 21.2. The van der Waals surface area contributed by atoms with Crippen LogP contribution in [0.3, 0.4) is 0 Å². The molecule has 4 nitrogen and oxygen atoms in total. The number of hydrogen-bond donors (Lipinski definition) is 0. The van der Waals surface area contributed by atoms with Gasteiger partial charge in [-0.05, 0) is 86.0 Å². The Labute approximate surface area is 360 Å². The van der Waals surface area contributed by atoms with E-state index < -0.39 is 5.41 Å². The van der Waals surface area contributed by atoms with Gasteiger partial charge in [0.1, 0.15) is 11.5 Å². The molecule has 62 heavy (non-hydrogen) atoms. The highest BCUT2D eigenvalue weighted by Gasteiger charge is 2.51. The van der Waals surface area contributed by atoms with Gasteiger partial charge in [-0.2, -0.15) is 0 Å². The lowest BCUT2D eigenvalue weighted by atomic mass is 9.66. The van der Waals surface area contributed by atoms with Crippen molar-refractivity contribution >= 4 is 22.5 Å². The molecule has 9 aromatic rings. The molecule has 0 radical (unpaired) electrons. The molecule has 4 heteroatoms. The van der Waals surface area contributed by atoms with Crippen LogP contribution >= 0.6 is 0 Å². The summed E-state index contributed by atoms with van der Waals surface area (Å²) in [5.41, 5.74) is 17.3. The highest BCUT2D eigenvalue weighted by molar-refractivity contribution is 6.14. The molecule has 1 unspecified atom stereocenters. The van der Waals surface area contributed by atoms with Crippen LogP contribution in [0.25, 0.3) is 44.3 Å². The van der Waals surface area contributed by atoms with Gasteiger partial charge < -0.3 is 4.74 Å². The fourth-order valence-corrected chi connectivity index (χ4v) is 10.0. The number of ether oxygens (including phenoxy) is 1. The Morgan fingerprint density at radius 3 is 1.90 bits per heavy atom. The third kappa shape index (κ3) is 5.64. The van der Waals surface area contributed by atoms with Crippen molar-refractivity contribution in [1.29, 1.82) is 0 Å². The second-order valence-electron chi connectivity index (χ2n) is 16.3. The first kappa shape index (κ1) is 35.9. The van der Waals surface area contributed by atoms with Crippen LogP contribution < -0.4 is 4.74 Å². The largest absolute Gasteiger partial charge is 0.457 e. The summed E-state index contributed by atoms with van der Waals surface area (Å²) in [5.74, 6) is 2.46. The summed E-state index contributed by atoms with van der Waals surface area (Å²) in [7, 11) is 0. The Bertz CT molecular complexity index is 3270. The zero-order valence-electron chi connectivity index (χ0n) is 33.9. The normalized spacial score (nSPS) is 15.7. The van der Waals surface area contributed by atoms with Crippen LogP contribution in [0, 0.1) is 0 Å². The summed E-state index contributed by atoms with van der Waals surface area (Å²) in [6.07, 6.45) is 2.44. The van der Waals surface area contributed by atoms with Gasteiger partial charge in [0.2, 0.25) is 0 Å². The van der Waals surface area contributed by atoms with Crippen LogP contribution in [-0.4, -0.2) is 16.5 Å². The van der Waals surface area contributed by atoms with E-state index in [0.29, 0.717) is 12.3 Å². The number of para-hydroxylation sites is 2. The van der Waals surface area contributed by atoms with E-state index in [1.165, 1.54) is 22.3 Å². The molecule has 0 fully saturated rings. The quantitative estimate of drug-likeness (QED) is 0.163. The summed E-state index contributed by atoms with van der Waals surface area (Å²) in [6.45, 7) is 4.69. The Morgan fingerprint density at radius 1 is 0.484 bits per heavy atom. The van der Waals surface area contributed by atoms with E-state index in [1.54, 1.807) is 0 Å². The molecule has 292 valence electrons. The van der Waals surface area contributed by atoms with Crippen molar-refractivity contribution in [2.24, 2.45) is 9.98 Å². The fourth-order valence-electron chi connectivity index (χ4n) is 10.0. The van der Waals surface area contributed by atoms with Crippen LogP contribution in [-0.2, 0) is 5.41 Å².